The van der Waals surface area contributed by atoms with Gasteiger partial charge in [0.2, 0.25) is 5.91 Å². The van der Waals surface area contributed by atoms with Gasteiger partial charge in [0.25, 0.3) is 0 Å². The summed E-state index contributed by atoms with van der Waals surface area (Å²) < 4.78 is 30.0. The molecule has 168 valence electrons. The number of amides is 2. The summed E-state index contributed by atoms with van der Waals surface area (Å²) in [5.74, 6) is -3.77. The number of ether oxygens (including phenoxy) is 3. The molecular formula is C20H29FN2O7. The van der Waals surface area contributed by atoms with E-state index in [2.05, 4.69) is 17.2 Å². The molecular weight excluding hydrogens is 399 g/mol. The van der Waals surface area contributed by atoms with Gasteiger partial charge < -0.3 is 24.8 Å². The first-order valence-corrected chi connectivity index (χ1v) is 9.82. The number of alkyl halides is 1. The van der Waals surface area contributed by atoms with Crippen molar-refractivity contribution in [1.29, 1.82) is 0 Å². The molecule has 0 bridgehead atoms. The minimum absolute atomic E-state index is 0.0214. The van der Waals surface area contributed by atoms with E-state index in [1.54, 1.807) is 27.7 Å². The van der Waals surface area contributed by atoms with Crippen LogP contribution in [0.3, 0.4) is 0 Å². The Morgan fingerprint density at radius 1 is 1.30 bits per heavy atom. The van der Waals surface area contributed by atoms with Gasteiger partial charge in [0, 0.05) is 24.3 Å². The number of halogens is 1. The fourth-order valence-electron chi connectivity index (χ4n) is 3.80. The summed E-state index contributed by atoms with van der Waals surface area (Å²) in [6, 6.07) is -1.07. The summed E-state index contributed by atoms with van der Waals surface area (Å²) in [5.41, 5.74) is -2.46. The predicted octanol–water partition coefficient (Wildman–Crippen LogP) is 1.40. The molecule has 2 aliphatic rings. The lowest BCUT2D eigenvalue weighted by molar-refractivity contribution is -0.157. The second-order valence-corrected chi connectivity index (χ2v) is 8.48. The maximum Gasteiger partial charge on any atom is 0.408 e. The lowest BCUT2D eigenvalue weighted by Crippen LogP contribution is -2.61. The second-order valence-electron chi connectivity index (χ2n) is 8.48. The van der Waals surface area contributed by atoms with Gasteiger partial charge >= 0.3 is 18.0 Å². The Kier molecular flexibility index (Phi) is 6.78. The van der Waals surface area contributed by atoms with E-state index in [1.807, 2.05) is 0 Å². The quantitative estimate of drug-likeness (QED) is 0.357. The van der Waals surface area contributed by atoms with Gasteiger partial charge in [-0.3, -0.25) is 4.79 Å². The van der Waals surface area contributed by atoms with Crippen molar-refractivity contribution in [3.8, 4) is 0 Å². The van der Waals surface area contributed by atoms with Crippen molar-refractivity contribution >= 4 is 23.9 Å². The van der Waals surface area contributed by atoms with E-state index in [0.717, 1.165) is 6.08 Å². The molecule has 2 saturated carbocycles. The molecule has 0 heterocycles. The third-order valence-electron chi connectivity index (χ3n) is 5.04. The third kappa shape index (κ3) is 4.91. The second kappa shape index (κ2) is 8.61. The van der Waals surface area contributed by atoms with Crippen molar-refractivity contribution < 1.29 is 37.8 Å². The monoisotopic (exact) mass is 428 g/mol. The molecule has 0 aromatic carbocycles. The summed E-state index contributed by atoms with van der Waals surface area (Å²) in [6.45, 7) is 11.3. The molecule has 0 unspecified atom stereocenters. The number of hydrogen-bond donors (Lipinski definition) is 2. The van der Waals surface area contributed by atoms with E-state index in [9.17, 15) is 23.6 Å². The van der Waals surface area contributed by atoms with Gasteiger partial charge in [-0.25, -0.2) is 18.8 Å². The minimum atomic E-state index is -1.70. The van der Waals surface area contributed by atoms with E-state index >= 15 is 0 Å². The lowest BCUT2D eigenvalue weighted by Gasteiger charge is -2.32. The predicted molar refractivity (Wildman–Crippen MR) is 103 cm³/mol. The Morgan fingerprint density at radius 2 is 1.93 bits per heavy atom. The van der Waals surface area contributed by atoms with Gasteiger partial charge in [0.1, 0.15) is 29.5 Å². The highest BCUT2D eigenvalue weighted by Crippen LogP contribution is 2.60. The van der Waals surface area contributed by atoms with E-state index in [-0.39, 0.29) is 13.0 Å². The lowest BCUT2D eigenvalue weighted by atomic mass is 9.91. The zero-order chi connectivity index (χ0) is 22.9. The van der Waals surface area contributed by atoms with Crippen LogP contribution in [0.2, 0.25) is 0 Å². The van der Waals surface area contributed by atoms with Crippen LogP contribution in [-0.2, 0) is 28.6 Å². The average molecular weight is 428 g/mol. The zero-order valence-electron chi connectivity index (χ0n) is 17.8. The Morgan fingerprint density at radius 3 is 2.47 bits per heavy atom. The summed E-state index contributed by atoms with van der Waals surface area (Å²) in [4.78, 5) is 48.9. The van der Waals surface area contributed by atoms with Crippen LogP contribution in [0.4, 0.5) is 9.18 Å². The third-order valence-corrected chi connectivity index (χ3v) is 5.04. The molecule has 2 N–H and O–H groups in total. The van der Waals surface area contributed by atoms with Crippen LogP contribution in [0, 0.1) is 11.8 Å². The molecule has 0 aromatic rings. The highest BCUT2D eigenvalue weighted by atomic mass is 19.1. The summed E-state index contributed by atoms with van der Waals surface area (Å²) in [6.07, 6.45) is -2.53. The van der Waals surface area contributed by atoms with Crippen LogP contribution < -0.4 is 10.6 Å². The summed E-state index contributed by atoms with van der Waals surface area (Å²) in [5, 5.41) is 4.92. The largest absolute Gasteiger partial charge is 0.464 e. The van der Waals surface area contributed by atoms with Gasteiger partial charge in [-0.1, -0.05) is 6.58 Å². The van der Waals surface area contributed by atoms with Gasteiger partial charge in [0.15, 0.2) is 0 Å². The Hall–Kier alpha value is -2.65. The first kappa shape index (κ1) is 23.6. The van der Waals surface area contributed by atoms with Gasteiger partial charge in [-0.2, -0.15) is 0 Å². The first-order valence-electron chi connectivity index (χ1n) is 9.82. The zero-order valence-corrected chi connectivity index (χ0v) is 17.8. The highest BCUT2D eigenvalue weighted by Gasteiger charge is 2.76. The maximum atomic E-state index is 14.6. The summed E-state index contributed by atoms with van der Waals surface area (Å²) in [7, 11) is 0. The number of rotatable bonds is 7. The molecule has 6 atom stereocenters. The van der Waals surface area contributed by atoms with Crippen LogP contribution in [0.25, 0.3) is 0 Å². The van der Waals surface area contributed by atoms with Crippen LogP contribution in [0.1, 0.15) is 41.0 Å². The normalized spacial score (nSPS) is 30.3. The molecule has 0 aromatic heterocycles. The van der Waals surface area contributed by atoms with E-state index < -0.39 is 65.2 Å². The van der Waals surface area contributed by atoms with E-state index in [4.69, 9.17) is 14.2 Å². The topological polar surface area (TPSA) is 120 Å². The molecule has 0 aliphatic heterocycles. The van der Waals surface area contributed by atoms with Crippen LogP contribution in [-0.4, -0.2) is 60.0 Å². The van der Waals surface area contributed by atoms with E-state index in [1.165, 1.54) is 6.92 Å². The van der Waals surface area contributed by atoms with Crippen molar-refractivity contribution in [2.75, 3.05) is 6.61 Å². The Bertz CT molecular complexity index is 735. The summed E-state index contributed by atoms with van der Waals surface area (Å²) >= 11 is 0. The maximum absolute atomic E-state index is 14.6. The van der Waals surface area contributed by atoms with Gasteiger partial charge in [0.05, 0.1) is 6.61 Å². The first-order chi connectivity index (χ1) is 13.9. The number of alkyl carbamates (subject to hydrolysis) is 1. The molecule has 0 saturated heterocycles. The molecule has 10 heteroatoms. The Balaban J connectivity index is 2.17. The molecule has 2 amide bonds. The number of esters is 2. The standard InChI is InChI=1S/C20H29FN2O7/c1-7-12(24)29-15-13-11(21)9-20(14(13)15,17(26)28-8-2)23-16(25)10(3)22-18(27)30-19(4,5)6/h7,10-11,13-15H,1,8-9H2,2-6H3,(H,22,27)(H,23,25)/t10-,11+,13+,14-,15-,20-/m0/s1. The van der Waals surface area contributed by atoms with Crippen molar-refractivity contribution in [2.24, 2.45) is 11.8 Å². The highest BCUT2D eigenvalue weighted by molar-refractivity contribution is 5.93. The number of carbonyl (C=O) groups excluding carboxylic acids is 4. The number of fused-ring (bicyclic) bond motifs is 1. The SMILES string of the molecule is C=CC(=O)O[C@H]1[C@H]2[C@@H]1[C@](NC(=O)[C@H](C)NC(=O)OC(C)(C)C)(C(=O)OCC)C[C@H]2F. The van der Waals surface area contributed by atoms with Crippen molar-refractivity contribution in [2.45, 2.75) is 70.5 Å². The van der Waals surface area contributed by atoms with Crippen LogP contribution in [0.5, 0.6) is 0 Å². The Labute approximate surface area is 174 Å². The molecule has 30 heavy (non-hydrogen) atoms. The van der Waals surface area contributed by atoms with Crippen LogP contribution in [0.15, 0.2) is 12.7 Å². The number of carbonyl (C=O) groups is 4. The van der Waals surface area contributed by atoms with E-state index in [0.29, 0.717) is 0 Å². The molecule has 2 rings (SSSR count). The fourth-order valence-corrected chi connectivity index (χ4v) is 3.80. The molecule has 0 radical (unpaired) electrons. The molecule has 0 spiro atoms. The molecule has 9 nitrogen and oxygen atoms in total. The average Bonchev–Trinajstić information content (AvgIpc) is 3.24. The smallest absolute Gasteiger partial charge is 0.408 e. The van der Waals surface area contributed by atoms with Gasteiger partial charge in [-0.15, -0.1) is 0 Å². The number of nitrogens with one attached hydrogen (secondary N) is 2. The fraction of sp³-hybridized carbons (Fsp3) is 0.700. The van der Waals surface area contributed by atoms with Crippen molar-refractivity contribution in [1.82, 2.24) is 10.6 Å². The van der Waals surface area contributed by atoms with Crippen molar-refractivity contribution in [3.05, 3.63) is 12.7 Å². The van der Waals surface area contributed by atoms with Gasteiger partial charge in [-0.05, 0) is 34.6 Å². The van der Waals surface area contributed by atoms with Crippen LogP contribution >= 0.6 is 0 Å². The number of hydrogen-bond acceptors (Lipinski definition) is 7. The molecule has 2 fully saturated rings. The minimum Gasteiger partial charge on any atom is -0.464 e. The molecule has 2 aliphatic carbocycles. The van der Waals surface area contributed by atoms with Crippen molar-refractivity contribution in [3.63, 3.8) is 0 Å².